The highest BCUT2D eigenvalue weighted by Gasteiger charge is 2.50. The third-order valence-corrected chi connectivity index (χ3v) is 6.14. The Bertz CT molecular complexity index is 744. The first-order chi connectivity index (χ1) is 12.1. The van der Waals surface area contributed by atoms with E-state index in [2.05, 4.69) is 16.1 Å². The molecule has 0 radical (unpaired) electrons. The van der Waals surface area contributed by atoms with Crippen LogP contribution >= 0.6 is 0 Å². The summed E-state index contributed by atoms with van der Waals surface area (Å²) >= 11 is 0. The van der Waals surface area contributed by atoms with Gasteiger partial charge in [-0.1, -0.05) is 18.2 Å². The molecular formula is C20H27N3O2. The summed E-state index contributed by atoms with van der Waals surface area (Å²) in [6.07, 6.45) is 4.93. The predicted molar refractivity (Wildman–Crippen MR) is 96.2 cm³/mol. The van der Waals surface area contributed by atoms with Crippen LogP contribution in [0.15, 0.2) is 36.5 Å². The van der Waals surface area contributed by atoms with E-state index in [4.69, 9.17) is 4.74 Å². The fraction of sp³-hybridized carbons (Fsp3) is 0.550. The molecule has 5 nitrogen and oxygen atoms in total. The summed E-state index contributed by atoms with van der Waals surface area (Å²) in [6, 6.07) is 10.0. The molecule has 4 rings (SSSR count). The lowest BCUT2D eigenvalue weighted by atomic mass is 9.67. The van der Waals surface area contributed by atoms with Gasteiger partial charge in [0.1, 0.15) is 5.75 Å². The van der Waals surface area contributed by atoms with Gasteiger partial charge in [0, 0.05) is 44.4 Å². The molecule has 2 heterocycles. The Morgan fingerprint density at radius 1 is 1.28 bits per heavy atom. The summed E-state index contributed by atoms with van der Waals surface area (Å²) in [5, 5.41) is 16.0. The van der Waals surface area contributed by atoms with Gasteiger partial charge in [-0.25, -0.2) is 0 Å². The van der Waals surface area contributed by atoms with Crippen molar-refractivity contribution >= 4 is 0 Å². The van der Waals surface area contributed by atoms with Gasteiger partial charge in [0.05, 0.1) is 18.4 Å². The maximum Gasteiger partial charge on any atom is 0.124 e. The highest BCUT2D eigenvalue weighted by Crippen LogP contribution is 2.50. The van der Waals surface area contributed by atoms with Crippen molar-refractivity contribution in [2.75, 3.05) is 20.2 Å². The first kappa shape index (κ1) is 16.6. The molecule has 1 aromatic heterocycles. The molecule has 1 N–H and O–H groups in total. The number of methoxy groups -OCH3 is 1. The topological polar surface area (TPSA) is 50.5 Å². The minimum atomic E-state index is -0.795. The number of nitrogens with zero attached hydrogens (tertiary/aromatic N) is 3. The van der Waals surface area contributed by atoms with Gasteiger partial charge in [0.25, 0.3) is 0 Å². The van der Waals surface area contributed by atoms with Crippen LogP contribution < -0.4 is 4.74 Å². The molecule has 25 heavy (non-hydrogen) atoms. The van der Waals surface area contributed by atoms with Crippen LogP contribution in [0.5, 0.6) is 5.75 Å². The standard InChI is InChI=1S/C20H27N3O2/c1-22-16(9-11-21-22)13-23-12-15-6-5-10-20(24,18(15)14-23)17-7-3-4-8-19(17)25-2/h3-4,7-9,11,15,18,24H,5-6,10,12-14H2,1-2H3. The molecule has 1 aliphatic carbocycles. The molecule has 0 spiro atoms. The Morgan fingerprint density at radius 2 is 2.12 bits per heavy atom. The summed E-state index contributed by atoms with van der Waals surface area (Å²) in [4.78, 5) is 2.47. The van der Waals surface area contributed by atoms with E-state index in [9.17, 15) is 5.11 Å². The number of likely N-dealkylation sites (tertiary alicyclic amines) is 1. The second-order valence-corrected chi connectivity index (χ2v) is 7.52. The number of hydrogen-bond acceptors (Lipinski definition) is 4. The summed E-state index contributed by atoms with van der Waals surface area (Å²) in [6.45, 7) is 2.86. The lowest BCUT2D eigenvalue weighted by molar-refractivity contribution is -0.0662. The first-order valence-corrected chi connectivity index (χ1v) is 9.17. The lowest BCUT2D eigenvalue weighted by Gasteiger charge is -2.42. The van der Waals surface area contributed by atoms with E-state index in [0.29, 0.717) is 5.92 Å². The molecule has 2 fully saturated rings. The maximum absolute atomic E-state index is 11.7. The molecule has 5 heteroatoms. The zero-order valence-corrected chi connectivity index (χ0v) is 15.1. The molecule has 3 atom stereocenters. The Hall–Kier alpha value is -1.85. The van der Waals surface area contributed by atoms with Crippen LogP contribution in [0.2, 0.25) is 0 Å². The summed E-state index contributed by atoms with van der Waals surface area (Å²) in [5.74, 6) is 1.60. The molecule has 3 unspecified atom stereocenters. The van der Waals surface area contributed by atoms with Gasteiger partial charge in [0.15, 0.2) is 0 Å². The fourth-order valence-corrected chi connectivity index (χ4v) is 4.86. The molecule has 1 aromatic carbocycles. The number of para-hydroxylation sites is 1. The molecule has 0 bridgehead atoms. The minimum absolute atomic E-state index is 0.255. The van der Waals surface area contributed by atoms with Crippen LogP contribution in [0, 0.1) is 11.8 Å². The Labute approximate surface area is 149 Å². The van der Waals surface area contributed by atoms with Crippen LogP contribution in [0.4, 0.5) is 0 Å². The molecule has 0 amide bonds. The molecule has 2 aliphatic rings. The third kappa shape index (κ3) is 2.85. The quantitative estimate of drug-likeness (QED) is 0.928. The van der Waals surface area contributed by atoms with Gasteiger partial charge < -0.3 is 9.84 Å². The largest absolute Gasteiger partial charge is 0.496 e. The number of fused-ring (bicyclic) bond motifs is 1. The van der Waals surface area contributed by atoms with Gasteiger partial charge >= 0.3 is 0 Å². The monoisotopic (exact) mass is 341 g/mol. The molecular weight excluding hydrogens is 314 g/mol. The number of benzene rings is 1. The molecule has 1 aliphatic heterocycles. The van der Waals surface area contributed by atoms with Gasteiger partial charge in [-0.3, -0.25) is 9.58 Å². The van der Waals surface area contributed by atoms with E-state index in [1.54, 1.807) is 7.11 Å². The summed E-state index contributed by atoms with van der Waals surface area (Å²) in [7, 11) is 3.68. The SMILES string of the molecule is COc1ccccc1C1(O)CCCC2CN(Cc3ccnn3C)CC21. The van der Waals surface area contributed by atoms with Gasteiger partial charge in [0.2, 0.25) is 0 Å². The summed E-state index contributed by atoms with van der Waals surface area (Å²) < 4.78 is 7.49. The van der Waals surface area contributed by atoms with Crippen molar-refractivity contribution in [2.24, 2.45) is 18.9 Å². The Balaban J connectivity index is 1.60. The highest BCUT2D eigenvalue weighted by atomic mass is 16.5. The summed E-state index contributed by atoms with van der Waals surface area (Å²) in [5.41, 5.74) is 1.38. The minimum Gasteiger partial charge on any atom is -0.496 e. The molecule has 1 saturated heterocycles. The van der Waals surface area contributed by atoms with Crippen molar-refractivity contribution < 1.29 is 9.84 Å². The van der Waals surface area contributed by atoms with Crippen molar-refractivity contribution in [1.82, 2.24) is 14.7 Å². The normalized spacial score (nSPS) is 29.6. The van der Waals surface area contributed by atoms with Crippen LogP contribution in [0.1, 0.15) is 30.5 Å². The number of ether oxygens (including phenoxy) is 1. The number of aliphatic hydroxyl groups is 1. The highest BCUT2D eigenvalue weighted by molar-refractivity contribution is 5.39. The van der Waals surface area contributed by atoms with Crippen LogP contribution in [-0.2, 0) is 19.2 Å². The first-order valence-electron chi connectivity index (χ1n) is 9.17. The van der Waals surface area contributed by atoms with Crippen molar-refractivity contribution in [3.63, 3.8) is 0 Å². The van der Waals surface area contributed by atoms with Gasteiger partial charge in [-0.15, -0.1) is 0 Å². The zero-order valence-electron chi connectivity index (χ0n) is 15.1. The van der Waals surface area contributed by atoms with E-state index in [1.807, 2.05) is 42.2 Å². The number of aromatic nitrogens is 2. The van der Waals surface area contributed by atoms with Crippen molar-refractivity contribution in [2.45, 2.75) is 31.4 Å². The van der Waals surface area contributed by atoms with E-state index in [1.165, 1.54) is 12.1 Å². The van der Waals surface area contributed by atoms with E-state index >= 15 is 0 Å². The van der Waals surface area contributed by atoms with Crippen LogP contribution in [0.3, 0.4) is 0 Å². The molecule has 2 aromatic rings. The predicted octanol–water partition coefficient (Wildman–Crippen LogP) is 2.55. The second-order valence-electron chi connectivity index (χ2n) is 7.52. The number of aryl methyl sites for hydroxylation is 1. The average molecular weight is 341 g/mol. The molecule has 134 valence electrons. The second kappa shape index (κ2) is 6.46. The lowest BCUT2D eigenvalue weighted by Crippen LogP contribution is -2.43. The third-order valence-electron chi connectivity index (χ3n) is 6.14. The molecule has 1 saturated carbocycles. The van der Waals surface area contributed by atoms with Crippen molar-refractivity contribution in [1.29, 1.82) is 0 Å². The Morgan fingerprint density at radius 3 is 2.88 bits per heavy atom. The average Bonchev–Trinajstić information content (AvgIpc) is 3.22. The fourth-order valence-electron chi connectivity index (χ4n) is 4.86. The number of hydrogen-bond donors (Lipinski definition) is 1. The van der Waals surface area contributed by atoms with E-state index in [-0.39, 0.29) is 5.92 Å². The van der Waals surface area contributed by atoms with E-state index in [0.717, 1.165) is 43.8 Å². The van der Waals surface area contributed by atoms with Crippen LogP contribution in [0.25, 0.3) is 0 Å². The van der Waals surface area contributed by atoms with E-state index < -0.39 is 5.60 Å². The van der Waals surface area contributed by atoms with Crippen molar-refractivity contribution in [3.05, 3.63) is 47.8 Å². The smallest absolute Gasteiger partial charge is 0.124 e. The Kier molecular flexibility index (Phi) is 4.29. The van der Waals surface area contributed by atoms with Crippen molar-refractivity contribution in [3.8, 4) is 5.75 Å². The zero-order chi connectivity index (χ0) is 17.4. The van der Waals surface area contributed by atoms with Crippen LogP contribution in [-0.4, -0.2) is 40.0 Å². The number of rotatable bonds is 4. The van der Waals surface area contributed by atoms with Gasteiger partial charge in [-0.05, 0) is 37.3 Å². The van der Waals surface area contributed by atoms with Gasteiger partial charge in [-0.2, -0.15) is 5.10 Å². The maximum atomic E-state index is 11.7.